The first-order valence-corrected chi connectivity index (χ1v) is 7.21. The molecule has 1 aromatic heterocycles. The monoisotopic (exact) mass is 281 g/mol. The van der Waals surface area contributed by atoms with Crippen molar-refractivity contribution in [1.29, 1.82) is 0 Å². The number of anilines is 1. The summed E-state index contributed by atoms with van der Waals surface area (Å²) in [6.07, 6.45) is 2.38. The molecule has 0 fully saturated rings. The van der Waals surface area contributed by atoms with Crippen LogP contribution in [0.25, 0.3) is 0 Å². The highest BCUT2D eigenvalue weighted by molar-refractivity contribution is 7.89. The Hall–Kier alpha value is -1.93. The minimum Gasteiger partial charge on any atom is -0.385 e. The summed E-state index contributed by atoms with van der Waals surface area (Å²) in [5.41, 5.74) is 0.828. The summed E-state index contributed by atoms with van der Waals surface area (Å²) in [7, 11) is -1.75. The number of aryl methyl sites for hydroxylation is 1. The Bertz CT molecular complexity index is 648. The molecule has 19 heavy (non-hydrogen) atoms. The SMILES string of the molecule is Cn1cnnc1CCNc1ccc(S(N)(=O)=O)cc1. The van der Waals surface area contributed by atoms with Crippen LogP contribution in [0, 0.1) is 0 Å². The fourth-order valence-corrected chi connectivity index (χ4v) is 2.13. The number of sulfonamides is 1. The second-order valence-electron chi connectivity index (χ2n) is 4.10. The number of rotatable bonds is 5. The zero-order chi connectivity index (χ0) is 13.9. The van der Waals surface area contributed by atoms with E-state index >= 15 is 0 Å². The molecule has 0 spiro atoms. The lowest BCUT2D eigenvalue weighted by Crippen LogP contribution is -2.12. The van der Waals surface area contributed by atoms with Gasteiger partial charge >= 0.3 is 0 Å². The first-order chi connectivity index (χ1) is 8.97. The average Bonchev–Trinajstić information content (AvgIpc) is 2.75. The molecule has 0 aliphatic carbocycles. The summed E-state index contributed by atoms with van der Waals surface area (Å²) in [6, 6.07) is 6.30. The molecule has 2 aromatic rings. The second kappa shape index (κ2) is 5.37. The molecule has 0 aliphatic heterocycles. The third kappa shape index (κ3) is 3.52. The van der Waals surface area contributed by atoms with Crippen LogP contribution in [0.5, 0.6) is 0 Å². The van der Waals surface area contributed by atoms with Gasteiger partial charge in [0, 0.05) is 25.7 Å². The lowest BCUT2D eigenvalue weighted by atomic mass is 10.3. The number of nitrogens with zero attached hydrogens (tertiary/aromatic N) is 3. The number of benzene rings is 1. The van der Waals surface area contributed by atoms with E-state index in [4.69, 9.17) is 5.14 Å². The van der Waals surface area contributed by atoms with Crippen LogP contribution in [0.3, 0.4) is 0 Å². The Morgan fingerprint density at radius 2 is 2.00 bits per heavy atom. The maximum atomic E-state index is 11.1. The quantitative estimate of drug-likeness (QED) is 0.810. The molecular formula is C11H15N5O2S. The minimum absolute atomic E-state index is 0.103. The largest absolute Gasteiger partial charge is 0.385 e. The van der Waals surface area contributed by atoms with Crippen LogP contribution in [0.15, 0.2) is 35.5 Å². The van der Waals surface area contributed by atoms with Crippen molar-refractivity contribution in [3.05, 3.63) is 36.4 Å². The maximum absolute atomic E-state index is 11.1. The van der Waals surface area contributed by atoms with Gasteiger partial charge in [0.15, 0.2) is 0 Å². The highest BCUT2D eigenvalue weighted by Gasteiger charge is 2.06. The van der Waals surface area contributed by atoms with Crippen molar-refractivity contribution < 1.29 is 8.42 Å². The van der Waals surface area contributed by atoms with Crippen molar-refractivity contribution in [2.24, 2.45) is 12.2 Å². The zero-order valence-corrected chi connectivity index (χ0v) is 11.3. The zero-order valence-electron chi connectivity index (χ0n) is 10.4. The van der Waals surface area contributed by atoms with E-state index in [1.165, 1.54) is 12.1 Å². The Morgan fingerprint density at radius 1 is 1.32 bits per heavy atom. The van der Waals surface area contributed by atoms with Crippen molar-refractivity contribution in [2.75, 3.05) is 11.9 Å². The van der Waals surface area contributed by atoms with Gasteiger partial charge in [-0.25, -0.2) is 13.6 Å². The first-order valence-electron chi connectivity index (χ1n) is 5.66. The van der Waals surface area contributed by atoms with Gasteiger partial charge < -0.3 is 9.88 Å². The number of aromatic nitrogens is 3. The van der Waals surface area contributed by atoms with Gasteiger partial charge in [-0.05, 0) is 24.3 Å². The van der Waals surface area contributed by atoms with Gasteiger partial charge in [0.25, 0.3) is 0 Å². The fraction of sp³-hybridized carbons (Fsp3) is 0.273. The van der Waals surface area contributed by atoms with Gasteiger partial charge in [0.2, 0.25) is 10.0 Å². The van der Waals surface area contributed by atoms with E-state index in [9.17, 15) is 8.42 Å². The molecule has 0 aliphatic rings. The van der Waals surface area contributed by atoms with E-state index in [-0.39, 0.29) is 4.90 Å². The van der Waals surface area contributed by atoms with E-state index < -0.39 is 10.0 Å². The summed E-state index contributed by atoms with van der Waals surface area (Å²) < 4.78 is 24.0. The maximum Gasteiger partial charge on any atom is 0.238 e. The number of primary sulfonamides is 1. The van der Waals surface area contributed by atoms with Gasteiger partial charge in [-0.3, -0.25) is 0 Å². The first kappa shape index (κ1) is 13.5. The van der Waals surface area contributed by atoms with Gasteiger partial charge in [0.1, 0.15) is 12.2 Å². The third-order valence-corrected chi connectivity index (χ3v) is 3.59. The molecule has 102 valence electrons. The van der Waals surface area contributed by atoms with Gasteiger partial charge in [-0.1, -0.05) is 0 Å². The molecule has 0 saturated carbocycles. The second-order valence-corrected chi connectivity index (χ2v) is 5.67. The minimum atomic E-state index is -3.63. The third-order valence-electron chi connectivity index (χ3n) is 2.67. The average molecular weight is 281 g/mol. The molecule has 0 saturated heterocycles. The van der Waals surface area contributed by atoms with Crippen LogP contribution in [-0.4, -0.2) is 29.7 Å². The molecule has 2 rings (SSSR count). The Kier molecular flexibility index (Phi) is 3.82. The highest BCUT2D eigenvalue weighted by Crippen LogP contribution is 2.12. The van der Waals surface area contributed by atoms with Gasteiger partial charge in [-0.15, -0.1) is 10.2 Å². The van der Waals surface area contributed by atoms with Crippen molar-refractivity contribution in [3.63, 3.8) is 0 Å². The summed E-state index contributed by atoms with van der Waals surface area (Å²) in [5, 5.41) is 16.0. The molecular weight excluding hydrogens is 266 g/mol. The van der Waals surface area contributed by atoms with Crippen molar-refractivity contribution >= 4 is 15.7 Å². The lowest BCUT2D eigenvalue weighted by Gasteiger charge is -2.06. The molecule has 0 amide bonds. The molecule has 1 heterocycles. The van der Waals surface area contributed by atoms with Crippen LogP contribution < -0.4 is 10.5 Å². The van der Waals surface area contributed by atoms with Crippen LogP contribution in [0.2, 0.25) is 0 Å². The van der Waals surface area contributed by atoms with E-state index in [1.54, 1.807) is 18.5 Å². The molecule has 8 heteroatoms. The van der Waals surface area contributed by atoms with E-state index in [0.29, 0.717) is 6.54 Å². The van der Waals surface area contributed by atoms with Crippen LogP contribution in [0.1, 0.15) is 5.82 Å². The molecule has 0 atom stereocenters. The number of hydrogen-bond acceptors (Lipinski definition) is 5. The van der Waals surface area contributed by atoms with Crippen molar-refractivity contribution in [1.82, 2.24) is 14.8 Å². The summed E-state index contributed by atoms with van der Waals surface area (Å²) in [5.74, 6) is 0.883. The van der Waals surface area contributed by atoms with Gasteiger partial charge in [0.05, 0.1) is 4.90 Å². The van der Waals surface area contributed by atoms with E-state index in [2.05, 4.69) is 15.5 Å². The number of hydrogen-bond donors (Lipinski definition) is 2. The molecule has 0 unspecified atom stereocenters. The van der Waals surface area contributed by atoms with E-state index in [1.807, 2.05) is 11.6 Å². The standard InChI is InChI=1S/C11H15N5O2S/c1-16-8-14-15-11(16)6-7-13-9-2-4-10(5-3-9)19(12,17)18/h2-5,8,13H,6-7H2,1H3,(H2,12,17,18). The van der Waals surface area contributed by atoms with Crippen LogP contribution >= 0.6 is 0 Å². The van der Waals surface area contributed by atoms with Crippen molar-refractivity contribution in [2.45, 2.75) is 11.3 Å². The predicted molar refractivity (Wildman–Crippen MR) is 71.0 cm³/mol. The molecule has 3 N–H and O–H groups in total. The summed E-state index contributed by atoms with van der Waals surface area (Å²) >= 11 is 0. The topological polar surface area (TPSA) is 103 Å². The summed E-state index contributed by atoms with van der Waals surface area (Å²) in [6.45, 7) is 0.682. The molecule has 0 bridgehead atoms. The Balaban J connectivity index is 1.92. The molecule has 1 aromatic carbocycles. The van der Waals surface area contributed by atoms with Crippen LogP contribution in [-0.2, 0) is 23.5 Å². The van der Waals surface area contributed by atoms with Crippen molar-refractivity contribution in [3.8, 4) is 0 Å². The Labute approximate surface area is 111 Å². The predicted octanol–water partition coefficient (Wildman–Crippen LogP) is 0.117. The number of nitrogens with one attached hydrogen (secondary N) is 1. The fourth-order valence-electron chi connectivity index (χ4n) is 1.61. The Morgan fingerprint density at radius 3 is 2.53 bits per heavy atom. The number of nitrogens with two attached hydrogens (primary N) is 1. The molecule has 7 nitrogen and oxygen atoms in total. The smallest absolute Gasteiger partial charge is 0.238 e. The van der Waals surface area contributed by atoms with Crippen LogP contribution in [0.4, 0.5) is 5.69 Å². The summed E-state index contributed by atoms with van der Waals surface area (Å²) in [4.78, 5) is 0.103. The lowest BCUT2D eigenvalue weighted by molar-refractivity contribution is 0.598. The van der Waals surface area contributed by atoms with Gasteiger partial charge in [-0.2, -0.15) is 0 Å². The van der Waals surface area contributed by atoms with E-state index in [0.717, 1.165) is 17.9 Å². The highest BCUT2D eigenvalue weighted by atomic mass is 32.2. The normalized spacial score (nSPS) is 11.5. The molecule has 0 radical (unpaired) electrons.